The van der Waals surface area contributed by atoms with Crippen molar-refractivity contribution in [3.63, 3.8) is 0 Å². The quantitative estimate of drug-likeness (QED) is 0.339. The molecule has 0 fully saturated rings. The van der Waals surface area contributed by atoms with Crippen molar-refractivity contribution in [1.82, 2.24) is 5.43 Å². The lowest BCUT2D eigenvalue weighted by atomic mass is 10.2. The molecular weight excluding hydrogens is 510 g/mol. The monoisotopic (exact) mass is 531 g/mol. The number of benzene rings is 3. The normalized spacial score (nSPS) is 11.4. The summed E-state index contributed by atoms with van der Waals surface area (Å²) in [5.41, 5.74) is 4.16. The van der Waals surface area contributed by atoms with Gasteiger partial charge in [-0.3, -0.25) is 9.10 Å². The van der Waals surface area contributed by atoms with Gasteiger partial charge < -0.3 is 9.84 Å². The number of nitrogens with zero attached hydrogens (tertiary/aromatic N) is 2. The minimum Gasteiger partial charge on any atom is -0.503 e. The zero-order valence-corrected chi connectivity index (χ0v) is 20.3. The van der Waals surface area contributed by atoms with Crippen molar-refractivity contribution in [2.75, 3.05) is 18.0 Å². The Balaban J connectivity index is 1.81. The molecular formula is C23H22BrN3O5S. The molecule has 0 unspecified atom stereocenters. The van der Waals surface area contributed by atoms with E-state index in [0.29, 0.717) is 15.7 Å². The fraction of sp³-hybridized carbons (Fsp3) is 0.130. The van der Waals surface area contributed by atoms with Crippen LogP contribution in [0.3, 0.4) is 0 Å². The number of carbonyl (C=O) groups is 1. The Morgan fingerprint density at radius 2 is 1.82 bits per heavy atom. The molecule has 0 spiro atoms. The summed E-state index contributed by atoms with van der Waals surface area (Å²) in [4.78, 5) is 12.7. The number of para-hydroxylation sites is 1. The number of sulfonamides is 1. The van der Waals surface area contributed by atoms with E-state index in [1.807, 2.05) is 6.92 Å². The highest BCUT2D eigenvalue weighted by Gasteiger charge is 2.27. The van der Waals surface area contributed by atoms with Crippen LogP contribution in [0.1, 0.15) is 11.1 Å². The van der Waals surface area contributed by atoms with Crippen LogP contribution in [-0.2, 0) is 14.8 Å². The van der Waals surface area contributed by atoms with E-state index in [1.165, 1.54) is 31.5 Å². The smallest absolute Gasteiger partial charge is 0.264 e. The number of hydrogen-bond donors (Lipinski definition) is 2. The number of ether oxygens (including phenoxy) is 1. The lowest BCUT2D eigenvalue weighted by Crippen LogP contribution is -2.39. The summed E-state index contributed by atoms with van der Waals surface area (Å²) in [5.74, 6) is -0.453. The van der Waals surface area contributed by atoms with Crippen LogP contribution in [-0.4, -0.2) is 39.3 Å². The molecule has 0 bridgehead atoms. The van der Waals surface area contributed by atoms with Gasteiger partial charge in [-0.05, 0) is 64.8 Å². The Hall–Kier alpha value is -3.37. The number of phenols is 1. The van der Waals surface area contributed by atoms with Crippen molar-refractivity contribution < 1.29 is 23.1 Å². The molecule has 1 amide bonds. The molecule has 0 radical (unpaired) electrons. The Labute approximate surface area is 200 Å². The molecule has 8 nitrogen and oxygen atoms in total. The second-order valence-electron chi connectivity index (χ2n) is 7.01. The summed E-state index contributed by atoms with van der Waals surface area (Å²) in [6, 6.07) is 17.9. The van der Waals surface area contributed by atoms with E-state index in [0.717, 1.165) is 9.87 Å². The number of aryl methyl sites for hydroxylation is 1. The van der Waals surface area contributed by atoms with Crippen LogP contribution in [0.2, 0.25) is 0 Å². The Morgan fingerprint density at radius 3 is 2.45 bits per heavy atom. The fourth-order valence-corrected chi connectivity index (χ4v) is 4.80. The molecule has 3 aromatic carbocycles. The van der Waals surface area contributed by atoms with Gasteiger partial charge >= 0.3 is 0 Å². The fourth-order valence-electron chi connectivity index (χ4n) is 2.92. The molecule has 33 heavy (non-hydrogen) atoms. The number of hydrogen-bond acceptors (Lipinski definition) is 6. The van der Waals surface area contributed by atoms with E-state index in [-0.39, 0.29) is 16.4 Å². The molecule has 0 saturated carbocycles. The van der Waals surface area contributed by atoms with Gasteiger partial charge in [0.15, 0.2) is 11.5 Å². The molecule has 0 aliphatic rings. The zero-order chi connectivity index (χ0) is 24.0. The van der Waals surface area contributed by atoms with Crippen LogP contribution in [0.5, 0.6) is 11.5 Å². The predicted octanol–water partition coefficient (Wildman–Crippen LogP) is 3.82. The minimum atomic E-state index is -3.99. The molecule has 0 saturated heterocycles. The predicted molar refractivity (Wildman–Crippen MR) is 130 cm³/mol. The van der Waals surface area contributed by atoms with Gasteiger partial charge in [-0.15, -0.1) is 0 Å². The third-order valence-electron chi connectivity index (χ3n) is 4.61. The number of amides is 1. The van der Waals surface area contributed by atoms with Gasteiger partial charge in [-0.1, -0.05) is 35.9 Å². The maximum Gasteiger partial charge on any atom is 0.264 e. The van der Waals surface area contributed by atoms with Crippen molar-refractivity contribution in [3.8, 4) is 11.5 Å². The summed E-state index contributed by atoms with van der Waals surface area (Å²) in [5, 5.41) is 13.8. The van der Waals surface area contributed by atoms with Crippen LogP contribution in [0.25, 0.3) is 0 Å². The third-order valence-corrected chi connectivity index (χ3v) is 7.01. The average Bonchev–Trinajstić information content (AvgIpc) is 2.80. The number of rotatable bonds is 8. The summed E-state index contributed by atoms with van der Waals surface area (Å²) < 4.78 is 33.1. The number of aromatic hydroxyl groups is 1. The molecule has 172 valence electrons. The Bertz CT molecular complexity index is 1260. The van der Waals surface area contributed by atoms with Gasteiger partial charge in [0, 0.05) is 0 Å². The summed E-state index contributed by atoms with van der Waals surface area (Å²) in [6.07, 6.45) is 1.35. The van der Waals surface area contributed by atoms with E-state index in [2.05, 4.69) is 26.5 Å². The molecule has 0 aliphatic heterocycles. The van der Waals surface area contributed by atoms with Gasteiger partial charge in [-0.25, -0.2) is 13.8 Å². The van der Waals surface area contributed by atoms with Gasteiger partial charge in [0.05, 0.1) is 28.4 Å². The van der Waals surface area contributed by atoms with Gasteiger partial charge in [0.25, 0.3) is 15.9 Å². The maximum atomic E-state index is 13.3. The molecule has 10 heteroatoms. The van der Waals surface area contributed by atoms with Crippen LogP contribution in [0.15, 0.2) is 81.2 Å². The number of methoxy groups -OCH3 is 1. The highest BCUT2D eigenvalue weighted by Crippen LogP contribution is 2.34. The van der Waals surface area contributed by atoms with Gasteiger partial charge in [0.2, 0.25) is 0 Å². The molecule has 0 atom stereocenters. The first-order chi connectivity index (χ1) is 15.7. The van der Waals surface area contributed by atoms with Crippen LogP contribution >= 0.6 is 15.9 Å². The number of anilines is 1. The minimum absolute atomic E-state index is 0.0569. The van der Waals surface area contributed by atoms with E-state index in [9.17, 15) is 18.3 Å². The molecule has 3 rings (SSSR count). The third kappa shape index (κ3) is 5.91. The molecule has 0 aromatic heterocycles. The summed E-state index contributed by atoms with van der Waals surface area (Å²) in [6.45, 7) is 1.39. The van der Waals surface area contributed by atoms with E-state index < -0.39 is 22.5 Å². The first-order valence-corrected chi connectivity index (χ1v) is 12.0. The largest absolute Gasteiger partial charge is 0.503 e. The van der Waals surface area contributed by atoms with E-state index >= 15 is 0 Å². The van der Waals surface area contributed by atoms with Gasteiger partial charge in [-0.2, -0.15) is 5.10 Å². The lowest BCUT2D eigenvalue weighted by molar-refractivity contribution is -0.119. The molecule has 0 aliphatic carbocycles. The van der Waals surface area contributed by atoms with Crippen molar-refractivity contribution in [1.29, 1.82) is 0 Å². The van der Waals surface area contributed by atoms with E-state index in [4.69, 9.17) is 4.74 Å². The van der Waals surface area contributed by atoms with Crippen molar-refractivity contribution in [2.24, 2.45) is 5.10 Å². The topological polar surface area (TPSA) is 108 Å². The Morgan fingerprint density at radius 1 is 1.15 bits per heavy atom. The maximum absolute atomic E-state index is 13.3. The van der Waals surface area contributed by atoms with Crippen molar-refractivity contribution >= 4 is 43.8 Å². The zero-order valence-electron chi connectivity index (χ0n) is 17.9. The standard InChI is InChI=1S/C23H22BrN3O5S/c1-16-8-10-19(11-9-16)33(30,31)27(18-6-4-3-5-7-18)15-22(28)26-25-14-17-12-20(24)23(29)21(13-17)32-2/h3-14,29H,15H2,1-2H3,(H,26,28)/b25-14-. The van der Waals surface area contributed by atoms with Crippen LogP contribution < -0.4 is 14.5 Å². The second-order valence-corrected chi connectivity index (χ2v) is 9.72. The number of nitrogens with one attached hydrogen (secondary N) is 1. The van der Waals surface area contributed by atoms with Crippen LogP contribution in [0.4, 0.5) is 5.69 Å². The number of phenolic OH excluding ortho intramolecular Hbond substituents is 1. The lowest BCUT2D eigenvalue weighted by Gasteiger charge is -2.23. The average molecular weight is 532 g/mol. The highest BCUT2D eigenvalue weighted by molar-refractivity contribution is 9.10. The summed E-state index contributed by atoms with van der Waals surface area (Å²) in [7, 11) is -2.58. The summed E-state index contributed by atoms with van der Waals surface area (Å²) >= 11 is 3.21. The number of halogens is 1. The highest BCUT2D eigenvalue weighted by atomic mass is 79.9. The van der Waals surface area contributed by atoms with Crippen molar-refractivity contribution in [2.45, 2.75) is 11.8 Å². The number of hydrazone groups is 1. The molecule has 2 N–H and O–H groups in total. The van der Waals surface area contributed by atoms with Crippen LogP contribution in [0, 0.1) is 6.92 Å². The van der Waals surface area contributed by atoms with Gasteiger partial charge in [0.1, 0.15) is 6.54 Å². The number of carbonyl (C=O) groups excluding carboxylic acids is 1. The van der Waals surface area contributed by atoms with Crippen molar-refractivity contribution in [3.05, 3.63) is 82.3 Å². The first-order valence-electron chi connectivity index (χ1n) is 9.75. The first kappa shape index (κ1) is 24.3. The molecule has 3 aromatic rings. The SMILES string of the molecule is COc1cc(/C=N\NC(=O)CN(c2ccccc2)S(=O)(=O)c2ccc(C)cc2)cc(Br)c1O. The Kier molecular flexibility index (Phi) is 7.72. The second kappa shape index (κ2) is 10.5. The van der Waals surface area contributed by atoms with E-state index in [1.54, 1.807) is 48.5 Å². The molecule has 0 heterocycles.